The first-order valence-electron chi connectivity index (χ1n) is 7.19. The average Bonchev–Trinajstić information content (AvgIpc) is 2.68. The van der Waals surface area contributed by atoms with E-state index in [-0.39, 0.29) is 27.0 Å². The van der Waals surface area contributed by atoms with E-state index in [1.54, 1.807) is 0 Å². The lowest BCUT2D eigenvalue weighted by molar-refractivity contribution is -0.684. The van der Waals surface area contributed by atoms with E-state index >= 15 is 0 Å². The van der Waals surface area contributed by atoms with E-state index in [9.17, 15) is 5.11 Å². The number of aromatic hydroxyl groups is 1. The van der Waals surface area contributed by atoms with Crippen LogP contribution in [-0.2, 0) is 7.05 Å². The monoisotopic (exact) mass is 360 g/mol. The summed E-state index contributed by atoms with van der Waals surface area (Å²) < 4.78 is 3.63. The van der Waals surface area contributed by atoms with Gasteiger partial charge in [0.15, 0.2) is 11.4 Å². The fraction of sp³-hybridized carbons (Fsp3) is 0.529. The molecule has 1 aromatic rings. The molecule has 0 saturated carbocycles. The first-order valence-corrected chi connectivity index (χ1v) is 7.19. The van der Waals surface area contributed by atoms with Gasteiger partial charge in [-0.25, -0.2) is 0 Å². The van der Waals surface area contributed by atoms with Crippen LogP contribution in [0, 0.1) is 27.7 Å². The smallest absolute Gasteiger partial charge is 0.368 e. The van der Waals surface area contributed by atoms with Gasteiger partial charge in [0, 0.05) is 25.0 Å². The largest absolute Gasteiger partial charge is 0.463 e. The van der Waals surface area contributed by atoms with Gasteiger partial charge < -0.3 is 10.2 Å². The van der Waals surface area contributed by atoms with Crippen LogP contribution >= 0.6 is 27.0 Å². The van der Waals surface area contributed by atoms with Crippen LogP contribution in [0.1, 0.15) is 42.7 Å². The Labute approximate surface area is 154 Å². The minimum Gasteiger partial charge on any atom is -0.463 e. The van der Waals surface area contributed by atoms with E-state index in [0.717, 1.165) is 17.7 Å². The van der Waals surface area contributed by atoms with Crippen molar-refractivity contribution in [2.24, 2.45) is 7.05 Å². The lowest BCUT2D eigenvalue weighted by Gasteiger charge is -2.07. The van der Waals surface area contributed by atoms with Gasteiger partial charge in [-0.3, -0.25) is 0 Å². The Morgan fingerprint density at radius 1 is 0.783 bits per heavy atom. The van der Waals surface area contributed by atoms with Gasteiger partial charge in [-0.15, -0.1) is 0 Å². The molecule has 0 aromatic carbocycles. The molecule has 4 nitrogen and oxygen atoms in total. The molecule has 23 heavy (non-hydrogen) atoms. The molecule has 132 valence electrons. The van der Waals surface area contributed by atoms with Gasteiger partial charge in [0.2, 0.25) is 0 Å². The second kappa shape index (κ2) is 9.23. The number of allylic oxidation sites excluding steroid dienone is 1. The number of rotatable bonds is 0. The third-order valence-corrected chi connectivity index (χ3v) is 4.76. The number of hydrogen-bond acceptors (Lipinski definition) is 1. The van der Waals surface area contributed by atoms with E-state index in [0.29, 0.717) is 11.8 Å². The molecule has 2 rings (SSSR count). The summed E-state index contributed by atoms with van der Waals surface area (Å²) in [6, 6.07) is 0. The van der Waals surface area contributed by atoms with Crippen molar-refractivity contribution in [2.75, 3.05) is 7.05 Å². The summed E-state index contributed by atoms with van der Waals surface area (Å²) in [5, 5.41) is 18.8. The predicted molar refractivity (Wildman–Crippen MR) is 106 cm³/mol. The highest BCUT2D eigenvalue weighted by Gasteiger charge is 2.22. The van der Waals surface area contributed by atoms with Crippen LogP contribution in [0.25, 0.3) is 0 Å². The van der Waals surface area contributed by atoms with Gasteiger partial charge in [-0.1, -0.05) is 0 Å². The lowest BCUT2D eigenvalue weighted by atomic mass is 10.0. The Bertz CT molecular complexity index is 523. The first kappa shape index (κ1) is 24.1. The van der Waals surface area contributed by atoms with Crippen LogP contribution < -0.4 is 4.57 Å². The maximum Gasteiger partial charge on any atom is 0.368 e. The zero-order valence-corrected chi connectivity index (χ0v) is 17.5. The maximum absolute atomic E-state index is 9.66. The van der Waals surface area contributed by atoms with Crippen molar-refractivity contribution in [3.05, 3.63) is 33.7 Å². The third kappa shape index (κ3) is 4.91. The van der Waals surface area contributed by atoms with Crippen molar-refractivity contribution >= 4 is 32.9 Å². The van der Waals surface area contributed by atoms with E-state index in [4.69, 9.17) is 5.11 Å². The number of nitrogens with zero attached hydrogens (tertiary/aromatic N) is 2. The Hall–Kier alpha value is -1.14. The highest BCUT2D eigenvalue weighted by molar-refractivity contribution is 7.59. The molecule has 6 heteroatoms. The van der Waals surface area contributed by atoms with Crippen LogP contribution in [0.15, 0.2) is 11.3 Å². The Balaban J connectivity index is 0. The molecule has 0 saturated heterocycles. The molecule has 0 atom stereocenters. The zero-order chi connectivity index (χ0) is 16.5. The van der Waals surface area contributed by atoms with Crippen LogP contribution in [0.5, 0.6) is 5.88 Å². The Morgan fingerprint density at radius 2 is 1.26 bits per heavy atom. The van der Waals surface area contributed by atoms with Gasteiger partial charge in [0.25, 0.3) is 0 Å². The summed E-state index contributed by atoms with van der Waals surface area (Å²) in [7, 11) is 3.76. The fourth-order valence-electron chi connectivity index (χ4n) is 2.35. The summed E-state index contributed by atoms with van der Waals surface area (Å²) in [5.74, 6) is 0.834. The molecule has 0 fully saturated rings. The summed E-state index contributed by atoms with van der Waals surface area (Å²) in [6.07, 6.45) is 0.725. The van der Waals surface area contributed by atoms with Crippen molar-refractivity contribution in [1.82, 2.24) is 0 Å². The number of aliphatic hydroxyl groups is 1. The molecule has 2 N–H and O–H groups in total. The van der Waals surface area contributed by atoms with Crippen molar-refractivity contribution in [1.29, 1.82) is 0 Å². The van der Waals surface area contributed by atoms with Crippen LogP contribution in [-0.4, -0.2) is 27.7 Å². The quantitative estimate of drug-likeness (QED) is 0.699. The molecule has 0 amide bonds. The zero-order valence-electron chi connectivity index (χ0n) is 15.5. The maximum atomic E-state index is 9.66. The fourth-order valence-corrected chi connectivity index (χ4v) is 2.35. The molecule has 0 aliphatic carbocycles. The standard InChI is InChI=1S/C10H15NO.C7H11NO.2H2S/c1-6-7(2)9(4)11(5)10(12)8(6)3;1-5-4-7(9)8(3)6(5)2;;/h1-5H3;4H2,1-3H3;2*1H2/p+2. The van der Waals surface area contributed by atoms with Gasteiger partial charge in [0.1, 0.15) is 14.1 Å². The summed E-state index contributed by atoms with van der Waals surface area (Å²) >= 11 is 0. The van der Waals surface area contributed by atoms with Gasteiger partial charge >= 0.3 is 11.8 Å². The topological polar surface area (TPSA) is 47.4 Å². The number of pyridine rings is 1. The molecule has 0 spiro atoms. The van der Waals surface area contributed by atoms with E-state index in [1.807, 2.05) is 57.9 Å². The molecule has 1 aliphatic rings. The van der Waals surface area contributed by atoms with E-state index in [2.05, 4.69) is 6.92 Å². The second-order valence-electron chi connectivity index (χ2n) is 5.86. The average molecular weight is 361 g/mol. The SMILES string of the molecule is CC1=C(C)[N+](C)=C(O)C1.Cc1c(C)c(C)[n+](C)c(O)c1C.S.S. The number of aromatic nitrogens is 1. The van der Waals surface area contributed by atoms with Gasteiger partial charge in [-0.2, -0.15) is 36.1 Å². The molecule has 1 aliphatic heterocycles. The number of aliphatic hydroxyl groups excluding tert-OH is 1. The van der Waals surface area contributed by atoms with Crippen LogP contribution in [0.2, 0.25) is 0 Å². The molecule has 1 aromatic heterocycles. The van der Waals surface area contributed by atoms with E-state index < -0.39 is 0 Å². The van der Waals surface area contributed by atoms with Crippen molar-refractivity contribution in [2.45, 2.75) is 48.0 Å². The highest BCUT2D eigenvalue weighted by Crippen LogP contribution is 2.20. The second-order valence-corrected chi connectivity index (χ2v) is 5.86. The van der Waals surface area contributed by atoms with Crippen molar-refractivity contribution in [3.8, 4) is 5.88 Å². The van der Waals surface area contributed by atoms with Crippen LogP contribution in [0.4, 0.5) is 0 Å². The summed E-state index contributed by atoms with van der Waals surface area (Å²) in [6.45, 7) is 12.1. The van der Waals surface area contributed by atoms with E-state index in [1.165, 1.54) is 22.4 Å². The number of hydrogen-bond donors (Lipinski definition) is 2. The molecule has 0 bridgehead atoms. The van der Waals surface area contributed by atoms with Crippen molar-refractivity contribution in [3.63, 3.8) is 0 Å². The van der Waals surface area contributed by atoms with Crippen molar-refractivity contribution < 1.29 is 19.4 Å². The molecule has 0 radical (unpaired) electrons. The summed E-state index contributed by atoms with van der Waals surface area (Å²) in [4.78, 5) is 0. The summed E-state index contributed by atoms with van der Waals surface area (Å²) in [5.41, 5.74) is 6.97. The van der Waals surface area contributed by atoms with Gasteiger partial charge in [-0.05, 0) is 33.3 Å². The molecule has 2 heterocycles. The van der Waals surface area contributed by atoms with Gasteiger partial charge in [0.05, 0.1) is 12.0 Å². The highest BCUT2D eigenvalue weighted by atomic mass is 32.1. The molecular weight excluding hydrogens is 328 g/mol. The van der Waals surface area contributed by atoms with Crippen LogP contribution in [0.3, 0.4) is 0 Å². The Kier molecular flexibility index (Phi) is 9.68. The third-order valence-electron chi connectivity index (χ3n) is 4.76. The minimum atomic E-state index is 0. The molecular formula is C17H32N2O2S2+2. The first-order chi connectivity index (χ1) is 9.59. The lowest BCUT2D eigenvalue weighted by Crippen LogP contribution is -2.34. The molecule has 0 unspecified atom stereocenters. The Morgan fingerprint density at radius 3 is 1.57 bits per heavy atom. The predicted octanol–water partition coefficient (Wildman–Crippen LogP) is 2.96. The normalized spacial score (nSPS) is 13.2. The minimum absolute atomic E-state index is 0.